The van der Waals surface area contributed by atoms with E-state index in [1.165, 1.54) is 13.3 Å². The Labute approximate surface area is 118 Å². The number of carbonyl (C=O) groups excluding carboxylic acids is 1. The third-order valence-electron chi connectivity index (χ3n) is 2.48. The number of amides is 1. The Morgan fingerprint density at radius 2 is 2.30 bits per heavy atom. The molecule has 0 bridgehead atoms. The Hall–Kier alpha value is -2.74. The third kappa shape index (κ3) is 4.18. The molecule has 0 radical (unpaired) electrons. The molecule has 0 unspecified atom stereocenters. The van der Waals surface area contributed by atoms with Crippen LogP contribution in [-0.4, -0.2) is 19.6 Å². The summed E-state index contributed by atoms with van der Waals surface area (Å²) in [5.74, 6) is 0.0493. The minimum atomic E-state index is -0.493. The SMILES string of the molecule is C=CCN/C=C(/C#N)C(=O)Nc1cc(C)ccc1OC. The summed E-state index contributed by atoms with van der Waals surface area (Å²) in [5.41, 5.74) is 1.49. The predicted octanol–water partition coefficient (Wildman–Crippen LogP) is 2.13. The minimum absolute atomic E-state index is 0.0181. The molecule has 20 heavy (non-hydrogen) atoms. The Kier molecular flexibility index (Phi) is 5.85. The van der Waals surface area contributed by atoms with Gasteiger partial charge in [0.15, 0.2) is 0 Å². The minimum Gasteiger partial charge on any atom is -0.495 e. The Bertz CT molecular complexity index is 571. The summed E-state index contributed by atoms with van der Waals surface area (Å²) in [4.78, 5) is 12.0. The number of nitrogens with zero attached hydrogens (tertiary/aromatic N) is 1. The quantitative estimate of drug-likeness (QED) is 0.360. The monoisotopic (exact) mass is 271 g/mol. The van der Waals surface area contributed by atoms with E-state index in [-0.39, 0.29) is 5.57 Å². The summed E-state index contributed by atoms with van der Waals surface area (Å²) < 4.78 is 5.17. The molecule has 0 aliphatic rings. The van der Waals surface area contributed by atoms with Gasteiger partial charge < -0.3 is 15.4 Å². The topological polar surface area (TPSA) is 74.2 Å². The first-order chi connectivity index (χ1) is 9.62. The van der Waals surface area contributed by atoms with Gasteiger partial charge >= 0.3 is 0 Å². The molecule has 0 aliphatic carbocycles. The number of benzene rings is 1. The van der Waals surface area contributed by atoms with Gasteiger partial charge in [0.05, 0.1) is 12.8 Å². The fourth-order valence-corrected chi connectivity index (χ4v) is 1.50. The van der Waals surface area contributed by atoms with Crippen LogP contribution in [0, 0.1) is 18.3 Å². The lowest BCUT2D eigenvalue weighted by molar-refractivity contribution is -0.112. The van der Waals surface area contributed by atoms with Crippen LogP contribution in [0.2, 0.25) is 0 Å². The molecule has 0 saturated carbocycles. The molecular formula is C15H17N3O2. The van der Waals surface area contributed by atoms with E-state index < -0.39 is 5.91 Å². The molecule has 1 aromatic rings. The van der Waals surface area contributed by atoms with Crippen molar-refractivity contribution in [1.29, 1.82) is 5.26 Å². The van der Waals surface area contributed by atoms with Gasteiger partial charge in [0, 0.05) is 12.7 Å². The predicted molar refractivity (Wildman–Crippen MR) is 78.3 cm³/mol. The van der Waals surface area contributed by atoms with Crippen molar-refractivity contribution in [3.05, 3.63) is 48.2 Å². The lowest BCUT2D eigenvalue weighted by Crippen LogP contribution is -2.17. The van der Waals surface area contributed by atoms with E-state index in [0.717, 1.165) is 5.56 Å². The highest BCUT2D eigenvalue weighted by Crippen LogP contribution is 2.25. The zero-order chi connectivity index (χ0) is 15.0. The van der Waals surface area contributed by atoms with E-state index in [1.54, 1.807) is 18.2 Å². The second-order valence-corrected chi connectivity index (χ2v) is 4.02. The molecule has 1 amide bonds. The van der Waals surface area contributed by atoms with Gasteiger partial charge in [-0.1, -0.05) is 12.1 Å². The summed E-state index contributed by atoms with van der Waals surface area (Å²) in [6, 6.07) is 7.26. The van der Waals surface area contributed by atoms with Gasteiger partial charge in [0.2, 0.25) is 0 Å². The Balaban J connectivity index is 2.89. The van der Waals surface area contributed by atoms with Gasteiger partial charge in [0.25, 0.3) is 5.91 Å². The summed E-state index contributed by atoms with van der Waals surface area (Å²) in [6.07, 6.45) is 2.99. The maximum atomic E-state index is 12.0. The van der Waals surface area contributed by atoms with E-state index in [4.69, 9.17) is 10.00 Å². The highest BCUT2D eigenvalue weighted by Gasteiger charge is 2.12. The maximum absolute atomic E-state index is 12.0. The number of carbonyl (C=O) groups is 1. The Morgan fingerprint density at radius 1 is 1.55 bits per heavy atom. The summed E-state index contributed by atoms with van der Waals surface area (Å²) >= 11 is 0. The first-order valence-corrected chi connectivity index (χ1v) is 6.03. The average molecular weight is 271 g/mol. The first kappa shape index (κ1) is 15.3. The second kappa shape index (κ2) is 7.64. The van der Waals surface area contributed by atoms with Crippen molar-refractivity contribution in [2.75, 3.05) is 19.0 Å². The summed E-state index contributed by atoms with van der Waals surface area (Å²) in [7, 11) is 1.52. The number of hydrogen-bond donors (Lipinski definition) is 2. The van der Waals surface area contributed by atoms with Crippen molar-refractivity contribution in [1.82, 2.24) is 5.32 Å². The Morgan fingerprint density at radius 3 is 2.90 bits per heavy atom. The molecule has 2 N–H and O–H groups in total. The van der Waals surface area contributed by atoms with Crippen LogP contribution in [0.4, 0.5) is 5.69 Å². The molecule has 1 rings (SSSR count). The van der Waals surface area contributed by atoms with E-state index in [9.17, 15) is 4.79 Å². The summed E-state index contributed by atoms with van der Waals surface area (Å²) in [5, 5.41) is 14.4. The molecule has 1 aromatic carbocycles. The standard InChI is InChI=1S/C15H17N3O2/c1-4-7-17-10-12(9-16)15(19)18-13-8-11(2)5-6-14(13)20-3/h4-6,8,10,17H,1,7H2,2-3H3,(H,18,19)/b12-10-. The van der Waals surface area contributed by atoms with Crippen LogP contribution in [0.15, 0.2) is 42.6 Å². The zero-order valence-corrected chi connectivity index (χ0v) is 11.6. The van der Waals surface area contributed by atoms with Gasteiger partial charge in [-0.3, -0.25) is 4.79 Å². The highest BCUT2D eigenvalue weighted by atomic mass is 16.5. The number of hydrogen-bond acceptors (Lipinski definition) is 4. The molecule has 0 fully saturated rings. The van der Waals surface area contributed by atoms with Crippen molar-refractivity contribution in [2.24, 2.45) is 0 Å². The van der Waals surface area contributed by atoms with Crippen molar-refractivity contribution < 1.29 is 9.53 Å². The number of anilines is 1. The molecule has 0 aliphatic heterocycles. The third-order valence-corrected chi connectivity index (χ3v) is 2.48. The first-order valence-electron chi connectivity index (χ1n) is 6.03. The van der Waals surface area contributed by atoms with Gasteiger partial charge in [-0.2, -0.15) is 5.26 Å². The maximum Gasteiger partial charge on any atom is 0.267 e. The van der Waals surface area contributed by atoms with Crippen molar-refractivity contribution in [3.63, 3.8) is 0 Å². The second-order valence-electron chi connectivity index (χ2n) is 4.02. The molecule has 5 heteroatoms. The van der Waals surface area contributed by atoms with Gasteiger partial charge in [-0.25, -0.2) is 0 Å². The van der Waals surface area contributed by atoms with E-state index >= 15 is 0 Å². The van der Waals surface area contributed by atoms with Crippen LogP contribution in [0.5, 0.6) is 5.75 Å². The van der Waals surface area contributed by atoms with Crippen molar-refractivity contribution in [2.45, 2.75) is 6.92 Å². The molecule has 0 atom stereocenters. The number of methoxy groups -OCH3 is 1. The zero-order valence-electron chi connectivity index (χ0n) is 11.6. The number of aryl methyl sites for hydroxylation is 1. The highest BCUT2D eigenvalue weighted by molar-refractivity contribution is 6.07. The fourth-order valence-electron chi connectivity index (χ4n) is 1.50. The van der Waals surface area contributed by atoms with Crippen LogP contribution in [0.1, 0.15) is 5.56 Å². The van der Waals surface area contributed by atoms with E-state index in [1.807, 2.05) is 19.1 Å². The van der Waals surface area contributed by atoms with Crippen molar-refractivity contribution in [3.8, 4) is 11.8 Å². The van der Waals surface area contributed by atoms with Crippen molar-refractivity contribution >= 4 is 11.6 Å². The normalized spacial score (nSPS) is 10.3. The van der Waals surface area contributed by atoms with Crippen LogP contribution in [0.25, 0.3) is 0 Å². The molecule has 0 aromatic heterocycles. The van der Waals surface area contributed by atoms with E-state index in [2.05, 4.69) is 17.2 Å². The molecule has 0 heterocycles. The molecule has 0 spiro atoms. The van der Waals surface area contributed by atoms with Gasteiger partial charge in [-0.15, -0.1) is 6.58 Å². The lowest BCUT2D eigenvalue weighted by Gasteiger charge is -2.10. The number of nitrogens with one attached hydrogen (secondary N) is 2. The molecule has 0 saturated heterocycles. The lowest BCUT2D eigenvalue weighted by atomic mass is 10.2. The number of nitriles is 1. The van der Waals surface area contributed by atoms with Crippen LogP contribution < -0.4 is 15.4 Å². The summed E-state index contributed by atoms with van der Waals surface area (Å²) in [6.45, 7) is 5.92. The molecule has 104 valence electrons. The largest absolute Gasteiger partial charge is 0.495 e. The molecular weight excluding hydrogens is 254 g/mol. The smallest absolute Gasteiger partial charge is 0.267 e. The number of rotatable bonds is 6. The van der Waals surface area contributed by atoms with Crippen LogP contribution in [0.3, 0.4) is 0 Å². The van der Waals surface area contributed by atoms with E-state index in [0.29, 0.717) is 18.0 Å². The fraction of sp³-hybridized carbons (Fsp3) is 0.200. The van der Waals surface area contributed by atoms with Gasteiger partial charge in [-0.05, 0) is 24.6 Å². The number of ether oxygens (including phenoxy) is 1. The van der Waals surface area contributed by atoms with Gasteiger partial charge in [0.1, 0.15) is 17.4 Å². The molecule has 5 nitrogen and oxygen atoms in total. The van der Waals surface area contributed by atoms with Crippen LogP contribution >= 0.6 is 0 Å². The van der Waals surface area contributed by atoms with Crippen LogP contribution in [-0.2, 0) is 4.79 Å². The average Bonchev–Trinajstić information content (AvgIpc) is 2.44.